The number of aryl methyl sites for hydroxylation is 1. The van der Waals surface area contributed by atoms with Crippen LogP contribution in [0.15, 0.2) is 27.2 Å². The summed E-state index contributed by atoms with van der Waals surface area (Å²) in [5.74, 6) is -0.811. The van der Waals surface area contributed by atoms with Crippen molar-refractivity contribution in [3.05, 3.63) is 38.5 Å². The van der Waals surface area contributed by atoms with Crippen molar-refractivity contribution >= 4 is 39.4 Å². The summed E-state index contributed by atoms with van der Waals surface area (Å²) < 4.78 is 15.6. The fourth-order valence-corrected chi connectivity index (χ4v) is 2.66. The highest BCUT2D eigenvalue weighted by Gasteiger charge is 2.08. The summed E-state index contributed by atoms with van der Waals surface area (Å²) in [5, 5.41) is 9.33. The van der Waals surface area contributed by atoms with Gasteiger partial charge in [0.2, 0.25) is 5.95 Å². The van der Waals surface area contributed by atoms with Gasteiger partial charge in [0.05, 0.1) is 22.9 Å². The topological polar surface area (TPSA) is 59.3 Å². The average Bonchev–Trinajstić information content (AvgIpc) is 2.97. The van der Waals surface area contributed by atoms with E-state index in [0.717, 1.165) is 4.47 Å². The van der Waals surface area contributed by atoms with Crippen LogP contribution in [0.4, 0.5) is 4.39 Å². The molecule has 0 unspecified atom stereocenters. The predicted molar refractivity (Wildman–Crippen MR) is 74.9 cm³/mol. The number of carbonyl (C=O) groups excluding carboxylic acids is 1. The molecule has 8 heteroatoms. The van der Waals surface area contributed by atoms with Gasteiger partial charge >= 0.3 is 0 Å². The molecule has 2 heterocycles. The highest BCUT2D eigenvalue weighted by atomic mass is 79.9. The standard InChI is InChI=1S/C11H10BrFN4OS/c1-2-17-10(13)7(5-15-17)4-14-16-11(18)9-3-8(12)6-19-9/h3-6H,2H2,1H3,(H,16,18)/b14-4-. The minimum absolute atomic E-state index is 0.231. The first-order valence-corrected chi connectivity index (χ1v) is 7.07. The van der Waals surface area contributed by atoms with Crippen molar-refractivity contribution in [1.82, 2.24) is 15.2 Å². The van der Waals surface area contributed by atoms with E-state index >= 15 is 0 Å². The molecule has 0 bridgehead atoms. The van der Waals surface area contributed by atoms with E-state index < -0.39 is 5.95 Å². The van der Waals surface area contributed by atoms with E-state index in [0.29, 0.717) is 11.4 Å². The number of nitrogens with zero attached hydrogens (tertiary/aromatic N) is 3. The lowest BCUT2D eigenvalue weighted by Crippen LogP contribution is -2.16. The molecule has 0 aliphatic heterocycles. The Bertz CT molecular complexity index is 622. The first-order valence-electron chi connectivity index (χ1n) is 5.40. The lowest BCUT2D eigenvalue weighted by Gasteiger charge is -1.95. The zero-order valence-electron chi connectivity index (χ0n) is 9.93. The van der Waals surface area contributed by atoms with Crippen LogP contribution in [-0.4, -0.2) is 21.9 Å². The van der Waals surface area contributed by atoms with Gasteiger partial charge in [0.15, 0.2) is 0 Å². The quantitative estimate of drug-likeness (QED) is 0.684. The van der Waals surface area contributed by atoms with Crippen LogP contribution >= 0.6 is 27.3 Å². The number of hydrogen-bond donors (Lipinski definition) is 1. The molecule has 0 saturated heterocycles. The van der Waals surface area contributed by atoms with Crippen LogP contribution in [0.2, 0.25) is 0 Å². The lowest BCUT2D eigenvalue weighted by atomic mass is 10.4. The Morgan fingerprint density at radius 3 is 3.11 bits per heavy atom. The molecular formula is C11H10BrFN4OS. The maximum absolute atomic E-state index is 13.6. The Hall–Kier alpha value is -1.54. The number of thiophene rings is 1. The van der Waals surface area contributed by atoms with Crippen LogP contribution in [0.25, 0.3) is 0 Å². The van der Waals surface area contributed by atoms with Crippen molar-refractivity contribution in [1.29, 1.82) is 0 Å². The molecule has 0 aromatic carbocycles. The van der Waals surface area contributed by atoms with Gasteiger partial charge in [-0.2, -0.15) is 14.6 Å². The van der Waals surface area contributed by atoms with Gasteiger partial charge in [-0.3, -0.25) is 4.79 Å². The molecule has 2 aromatic heterocycles. The number of amides is 1. The molecule has 0 atom stereocenters. The average molecular weight is 345 g/mol. The number of nitrogens with one attached hydrogen (secondary N) is 1. The normalized spacial score (nSPS) is 11.1. The van der Waals surface area contributed by atoms with Gasteiger partial charge in [0.25, 0.3) is 5.91 Å². The lowest BCUT2D eigenvalue weighted by molar-refractivity contribution is 0.0959. The molecule has 2 rings (SSSR count). The smallest absolute Gasteiger partial charge is 0.266 e. The van der Waals surface area contributed by atoms with Gasteiger partial charge < -0.3 is 0 Å². The van der Waals surface area contributed by atoms with Gasteiger partial charge in [-0.1, -0.05) is 0 Å². The van der Waals surface area contributed by atoms with Crippen molar-refractivity contribution in [3.63, 3.8) is 0 Å². The molecule has 1 N–H and O–H groups in total. The van der Waals surface area contributed by atoms with E-state index in [1.165, 1.54) is 28.4 Å². The van der Waals surface area contributed by atoms with E-state index in [1.807, 2.05) is 0 Å². The van der Waals surface area contributed by atoms with Crippen molar-refractivity contribution in [2.45, 2.75) is 13.5 Å². The molecule has 19 heavy (non-hydrogen) atoms. The Morgan fingerprint density at radius 1 is 1.74 bits per heavy atom. The van der Waals surface area contributed by atoms with Crippen molar-refractivity contribution < 1.29 is 9.18 Å². The Balaban J connectivity index is 2.00. The van der Waals surface area contributed by atoms with E-state index in [2.05, 4.69) is 31.6 Å². The third kappa shape index (κ3) is 3.27. The first kappa shape index (κ1) is 13.9. The third-order valence-electron chi connectivity index (χ3n) is 2.26. The molecule has 0 radical (unpaired) electrons. The summed E-state index contributed by atoms with van der Waals surface area (Å²) in [6.07, 6.45) is 2.59. The fraction of sp³-hybridized carbons (Fsp3) is 0.182. The summed E-state index contributed by atoms with van der Waals surface area (Å²) in [5.41, 5.74) is 2.56. The van der Waals surface area contributed by atoms with E-state index in [-0.39, 0.29) is 11.5 Å². The van der Waals surface area contributed by atoms with Crippen molar-refractivity contribution in [2.75, 3.05) is 0 Å². The highest BCUT2D eigenvalue weighted by molar-refractivity contribution is 9.10. The van der Waals surface area contributed by atoms with E-state index in [9.17, 15) is 9.18 Å². The zero-order chi connectivity index (χ0) is 13.8. The largest absolute Gasteiger partial charge is 0.281 e. The minimum atomic E-state index is -0.473. The number of hydrazone groups is 1. The molecule has 0 aliphatic carbocycles. The number of halogens is 2. The fourth-order valence-electron chi connectivity index (χ4n) is 1.34. The Morgan fingerprint density at radius 2 is 2.53 bits per heavy atom. The summed E-state index contributed by atoms with van der Waals surface area (Å²) >= 11 is 4.55. The zero-order valence-corrected chi connectivity index (χ0v) is 12.3. The second-order valence-corrected chi connectivity index (χ2v) is 5.36. The second-order valence-electron chi connectivity index (χ2n) is 3.53. The van der Waals surface area contributed by atoms with Crippen LogP contribution in [0.1, 0.15) is 22.2 Å². The number of aromatic nitrogens is 2. The van der Waals surface area contributed by atoms with Crippen LogP contribution in [-0.2, 0) is 6.54 Å². The summed E-state index contributed by atoms with van der Waals surface area (Å²) in [7, 11) is 0. The Labute approximate surface area is 121 Å². The van der Waals surface area contributed by atoms with Crippen LogP contribution < -0.4 is 5.43 Å². The number of rotatable bonds is 4. The van der Waals surface area contributed by atoms with E-state index in [1.54, 1.807) is 18.4 Å². The number of carbonyl (C=O) groups is 1. The van der Waals surface area contributed by atoms with Gasteiger partial charge in [-0.05, 0) is 28.9 Å². The van der Waals surface area contributed by atoms with Gasteiger partial charge in [-0.15, -0.1) is 11.3 Å². The SMILES string of the molecule is CCn1ncc(/C=N\NC(=O)c2cc(Br)cs2)c1F. The Kier molecular flexibility index (Phi) is 4.43. The third-order valence-corrected chi connectivity index (χ3v) is 3.95. The van der Waals surface area contributed by atoms with Gasteiger partial charge in [0, 0.05) is 16.4 Å². The second kappa shape index (κ2) is 6.07. The van der Waals surface area contributed by atoms with Crippen LogP contribution in [0, 0.1) is 5.95 Å². The molecule has 0 fully saturated rings. The number of hydrogen-bond acceptors (Lipinski definition) is 4. The molecule has 2 aromatic rings. The highest BCUT2D eigenvalue weighted by Crippen LogP contribution is 2.19. The summed E-state index contributed by atoms with van der Waals surface area (Å²) in [6.45, 7) is 2.22. The van der Waals surface area contributed by atoms with Crippen LogP contribution in [0.3, 0.4) is 0 Å². The van der Waals surface area contributed by atoms with E-state index in [4.69, 9.17) is 0 Å². The maximum atomic E-state index is 13.6. The van der Waals surface area contributed by atoms with Gasteiger partial charge in [-0.25, -0.2) is 10.1 Å². The molecule has 1 amide bonds. The molecule has 0 spiro atoms. The van der Waals surface area contributed by atoms with Crippen molar-refractivity contribution in [2.24, 2.45) is 5.10 Å². The molecule has 100 valence electrons. The molecule has 0 aliphatic rings. The molecule has 5 nitrogen and oxygen atoms in total. The van der Waals surface area contributed by atoms with Crippen molar-refractivity contribution in [3.8, 4) is 0 Å². The summed E-state index contributed by atoms with van der Waals surface area (Å²) in [4.78, 5) is 12.2. The molecule has 0 saturated carbocycles. The monoisotopic (exact) mass is 344 g/mol. The molecular weight excluding hydrogens is 335 g/mol. The maximum Gasteiger partial charge on any atom is 0.281 e. The first-order chi connectivity index (χ1) is 9.11. The summed E-state index contributed by atoms with van der Waals surface area (Å²) in [6, 6.07) is 1.69. The predicted octanol–water partition coefficient (Wildman–Crippen LogP) is 2.63. The minimum Gasteiger partial charge on any atom is -0.266 e. The van der Waals surface area contributed by atoms with Crippen LogP contribution in [0.5, 0.6) is 0 Å². The van der Waals surface area contributed by atoms with Gasteiger partial charge in [0.1, 0.15) is 0 Å².